The van der Waals surface area contributed by atoms with E-state index in [1.807, 2.05) is 27.7 Å². The maximum Gasteiger partial charge on any atom is 0.163 e. The van der Waals surface area contributed by atoms with Crippen molar-refractivity contribution in [3.8, 4) is 11.5 Å². The minimum absolute atomic E-state index is 0.0706. The highest BCUT2D eigenvalue weighted by atomic mass is 16.5. The zero-order valence-corrected chi connectivity index (χ0v) is 18.2. The quantitative estimate of drug-likeness (QED) is 0.714. The number of phenols is 1. The molecule has 0 bridgehead atoms. The highest BCUT2D eigenvalue weighted by Gasteiger charge is 2.48. The lowest BCUT2D eigenvalue weighted by molar-refractivity contribution is -0.140. The number of hydrogen-bond donors (Lipinski definition) is 2. The molecule has 0 aliphatic heterocycles. The molecule has 0 amide bonds. The summed E-state index contributed by atoms with van der Waals surface area (Å²) in [7, 11) is 1.40. The molecule has 1 atom stereocenters. The van der Waals surface area contributed by atoms with Crippen molar-refractivity contribution in [3.05, 3.63) is 35.1 Å². The molecule has 0 saturated heterocycles. The molecule has 30 heavy (non-hydrogen) atoms. The molecule has 2 aliphatic rings. The Labute approximate surface area is 176 Å². The van der Waals surface area contributed by atoms with Gasteiger partial charge in [-0.05, 0) is 28.5 Å². The molecular formula is C24H30O6. The lowest BCUT2D eigenvalue weighted by Gasteiger charge is -2.39. The number of benzene rings is 1. The van der Waals surface area contributed by atoms with E-state index in [1.54, 1.807) is 6.07 Å². The molecule has 6 nitrogen and oxygen atoms in total. The normalized spacial score (nSPS) is 22.9. The van der Waals surface area contributed by atoms with Crippen molar-refractivity contribution in [3.63, 3.8) is 0 Å². The molecule has 2 N–H and O–H groups in total. The molecule has 2 aliphatic carbocycles. The Morgan fingerprint density at radius 1 is 0.933 bits per heavy atom. The number of allylic oxidation sites excluding steroid dienone is 2. The Morgan fingerprint density at radius 3 is 2.03 bits per heavy atom. The molecule has 162 valence electrons. The van der Waals surface area contributed by atoms with E-state index in [-0.39, 0.29) is 59.4 Å². The van der Waals surface area contributed by atoms with Crippen LogP contribution in [-0.4, -0.2) is 34.7 Å². The lowest BCUT2D eigenvalue weighted by Crippen LogP contribution is -2.43. The number of carbonyl (C=O) groups excluding carboxylic acids is 3. The third-order valence-corrected chi connectivity index (χ3v) is 6.10. The van der Waals surface area contributed by atoms with Crippen molar-refractivity contribution >= 4 is 17.3 Å². The minimum Gasteiger partial charge on any atom is -0.512 e. The number of ether oxygens (including phenoxy) is 1. The van der Waals surface area contributed by atoms with Gasteiger partial charge in [-0.25, -0.2) is 0 Å². The number of rotatable bonds is 4. The maximum absolute atomic E-state index is 13.1. The SMILES string of the molecule is COc1cc(C(C2=C(O)CC(C)(C)CC2=O)C2C(=O)CC(C)(C)CC2=O)ccc1O. The van der Waals surface area contributed by atoms with Crippen LogP contribution in [0.5, 0.6) is 11.5 Å². The molecule has 0 spiro atoms. The molecule has 0 aromatic heterocycles. The Kier molecular flexibility index (Phi) is 5.56. The first-order valence-electron chi connectivity index (χ1n) is 10.2. The van der Waals surface area contributed by atoms with E-state index < -0.39 is 22.7 Å². The number of Topliss-reactive ketones (excluding diaryl/α,β-unsaturated/α-hetero) is 3. The van der Waals surface area contributed by atoms with Gasteiger partial charge in [-0.2, -0.15) is 0 Å². The van der Waals surface area contributed by atoms with Gasteiger partial charge in [-0.15, -0.1) is 0 Å². The molecule has 3 rings (SSSR count). The first-order chi connectivity index (χ1) is 13.8. The van der Waals surface area contributed by atoms with Gasteiger partial charge in [0.25, 0.3) is 0 Å². The van der Waals surface area contributed by atoms with Crippen LogP contribution in [0.3, 0.4) is 0 Å². The summed E-state index contributed by atoms with van der Waals surface area (Å²) in [5.74, 6) is -2.65. The van der Waals surface area contributed by atoms with Gasteiger partial charge in [0.2, 0.25) is 0 Å². The van der Waals surface area contributed by atoms with Crippen LogP contribution in [0.4, 0.5) is 0 Å². The summed E-state index contributed by atoms with van der Waals surface area (Å²) in [6.07, 6.45) is 0.963. The van der Waals surface area contributed by atoms with E-state index >= 15 is 0 Å². The van der Waals surface area contributed by atoms with E-state index in [2.05, 4.69) is 0 Å². The van der Waals surface area contributed by atoms with Crippen molar-refractivity contribution in [2.45, 2.75) is 59.3 Å². The lowest BCUT2D eigenvalue weighted by atomic mass is 9.62. The van der Waals surface area contributed by atoms with Crippen molar-refractivity contribution < 1.29 is 29.3 Å². The van der Waals surface area contributed by atoms with Crippen molar-refractivity contribution in [1.82, 2.24) is 0 Å². The van der Waals surface area contributed by atoms with Crippen molar-refractivity contribution in [1.29, 1.82) is 0 Å². The monoisotopic (exact) mass is 414 g/mol. The predicted octanol–water partition coefficient (Wildman–Crippen LogP) is 4.26. The standard InChI is InChI=1S/C24H30O6/c1-23(2)9-15(26)21(16(27)10-23)20(13-6-7-14(25)19(8-13)30-5)22-17(28)11-24(3,4)12-18(22)29/h6-8,20-21,25,28H,9-12H2,1-5H3. The number of aromatic hydroxyl groups is 1. The number of phenolic OH excluding ortho intramolecular Hbond substituents is 1. The second-order valence-corrected chi connectivity index (χ2v) is 10.1. The van der Waals surface area contributed by atoms with Crippen molar-refractivity contribution in [2.75, 3.05) is 7.11 Å². The van der Waals surface area contributed by atoms with Gasteiger partial charge >= 0.3 is 0 Å². The average Bonchev–Trinajstić information content (AvgIpc) is 2.57. The molecule has 1 aromatic rings. The molecule has 1 aromatic carbocycles. The molecule has 1 unspecified atom stereocenters. The van der Waals surface area contributed by atoms with Gasteiger partial charge in [-0.3, -0.25) is 14.4 Å². The van der Waals surface area contributed by atoms with E-state index in [4.69, 9.17) is 4.74 Å². The van der Waals surface area contributed by atoms with Crippen LogP contribution in [-0.2, 0) is 14.4 Å². The smallest absolute Gasteiger partial charge is 0.163 e. The summed E-state index contributed by atoms with van der Waals surface area (Å²) in [4.78, 5) is 39.4. The fourth-order valence-electron chi connectivity index (χ4n) is 4.85. The van der Waals surface area contributed by atoms with Gasteiger partial charge in [0, 0.05) is 37.2 Å². The topological polar surface area (TPSA) is 101 Å². The maximum atomic E-state index is 13.1. The summed E-state index contributed by atoms with van der Waals surface area (Å²) < 4.78 is 5.20. The van der Waals surface area contributed by atoms with Crippen LogP contribution in [0.15, 0.2) is 29.5 Å². The minimum atomic E-state index is -1.05. The predicted molar refractivity (Wildman–Crippen MR) is 112 cm³/mol. The summed E-state index contributed by atoms with van der Waals surface area (Å²) in [5.41, 5.74) is -0.208. The summed E-state index contributed by atoms with van der Waals surface area (Å²) in [6, 6.07) is 4.53. The Bertz CT molecular complexity index is 917. The van der Waals surface area contributed by atoms with Crippen molar-refractivity contribution in [2.24, 2.45) is 16.7 Å². The number of methoxy groups -OCH3 is 1. The number of carbonyl (C=O) groups is 3. The van der Waals surface area contributed by atoms with Crippen LogP contribution in [0.2, 0.25) is 0 Å². The molecular weight excluding hydrogens is 384 g/mol. The molecule has 1 saturated carbocycles. The molecule has 6 heteroatoms. The zero-order chi connectivity index (χ0) is 22.4. The van der Waals surface area contributed by atoms with Gasteiger partial charge in [-0.1, -0.05) is 33.8 Å². The first-order valence-corrected chi connectivity index (χ1v) is 10.2. The number of aliphatic hydroxyl groups excluding tert-OH is 1. The van der Waals surface area contributed by atoms with Gasteiger partial charge in [0.05, 0.1) is 13.0 Å². The second-order valence-electron chi connectivity index (χ2n) is 10.1. The summed E-state index contributed by atoms with van der Waals surface area (Å²) in [6.45, 7) is 7.55. The summed E-state index contributed by atoms with van der Waals surface area (Å²) in [5, 5.41) is 20.8. The average molecular weight is 414 g/mol. The fourth-order valence-corrected chi connectivity index (χ4v) is 4.85. The van der Waals surface area contributed by atoms with Gasteiger partial charge < -0.3 is 14.9 Å². The van der Waals surface area contributed by atoms with Crippen LogP contribution in [0.1, 0.15) is 64.9 Å². The second kappa shape index (κ2) is 7.56. The fraction of sp³-hybridized carbons (Fsp3) is 0.542. The largest absolute Gasteiger partial charge is 0.512 e. The van der Waals surface area contributed by atoms with E-state index in [1.165, 1.54) is 19.2 Å². The Morgan fingerprint density at radius 2 is 1.50 bits per heavy atom. The number of aliphatic hydroxyl groups is 1. The van der Waals surface area contributed by atoms with Crippen LogP contribution in [0.25, 0.3) is 0 Å². The third kappa shape index (κ3) is 4.13. The van der Waals surface area contributed by atoms with E-state index in [9.17, 15) is 24.6 Å². The third-order valence-electron chi connectivity index (χ3n) is 6.10. The number of ketones is 3. The Hall–Kier alpha value is -2.63. The Balaban J connectivity index is 2.19. The number of hydrogen-bond acceptors (Lipinski definition) is 6. The van der Waals surface area contributed by atoms with Gasteiger partial charge in [0.1, 0.15) is 17.3 Å². The van der Waals surface area contributed by atoms with Crippen LogP contribution in [0, 0.1) is 16.7 Å². The van der Waals surface area contributed by atoms with E-state index in [0.717, 1.165) is 0 Å². The van der Waals surface area contributed by atoms with Crippen LogP contribution < -0.4 is 4.74 Å². The highest BCUT2D eigenvalue weighted by molar-refractivity contribution is 6.09. The molecule has 1 fully saturated rings. The molecule has 0 radical (unpaired) electrons. The first kappa shape index (κ1) is 22.1. The van der Waals surface area contributed by atoms with E-state index in [0.29, 0.717) is 12.0 Å². The van der Waals surface area contributed by atoms with Gasteiger partial charge in [0.15, 0.2) is 17.3 Å². The molecule has 0 heterocycles. The highest BCUT2D eigenvalue weighted by Crippen LogP contribution is 2.48. The summed E-state index contributed by atoms with van der Waals surface area (Å²) >= 11 is 0. The zero-order valence-electron chi connectivity index (χ0n) is 18.2. The van der Waals surface area contributed by atoms with Crippen LogP contribution >= 0.6 is 0 Å².